The van der Waals surface area contributed by atoms with E-state index in [-0.39, 0.29) is 11.5 Å². The number of hydrogen-bond acceptors (Lipinski definition) is 6. The van der Waals surface area contributed by atoms with Crippen molar-refractivity contribution in [1.29, 1.82) is 0 Å². The maximum atomic E-state index is 10.6. The standard InChI is InChI=1S/C13H14N2O4S/c1-19-10-4-2-9(3-5-10)11(16)8-14-12-6-7-13(20-12)15(17)18/h2-7,11,14,16H,8H2,1H3/t11-/m1/s1. The first-order chi connectivity index (χ1) is 9.60. The lowest BCUT2D eigenvalue weighted by Crippen LogP contribution is -2.11. The zero-order valence-electron chi connectivity index (χ0n) is 10.8. The van der Waals surface area contributed by atoms with E-state index in [9.17, 15) is 15.2 Å². The quantitative estimate of drug-likeness (QED) is 0.632. The molecule has 20 heavy (non-hydrogen) atoms. The Hall–Kier alpha value is -2.12. The largest absolute Gasteiger partial charge is 0.497 e. The monoisotopic (exact) mass is 294 g/mol. The van der Waals surface area contributed by atoms with Gasteiger partial charge in [0.15, 0.2) is 0 Å². The van der Waals surface area contributed by atoms with Gasteiger partial charge in [-0.25, -0.2) is 0 Å². The summed E-state index contributed by atoms with van der Waals surface area (Å²) in [5.41, 5.74) is 0.754. The van der Waals surface area contributed by atoms with E-state index in [4.69, 9.17) is 4.74 Å². The van der Waals surface area contributed by atoms with Gasteiger partial charge in [-0.3, -0.25) is 10.1 Å². The van der Waals surface area contributed by atoms with Crippen LogP contribution in [0.25, 0.3) is 0 Å². The second-order valence-corrected chi connectivity index (χ2v) is 5.13. The molecule has 2 aromatic rings. The van der Waals surface area contributed by atoms with Crippen molar-refractivity contribution in [2.75, 3.05) is 19.0 Å². The fraction of sp³-hybridized carbons (Fsp3) is 0.231. The number of aliphatic hydroxyl groups excluding tert-OH is 1. The van der Waals surface area contributed by atoms with Gasteiger partial charge >= 0.3 is 5.00 Å². The smallest absolute Gasteiger partial charge is 0.326 e. The number of nitrogens with one attached hydrogen (secondary N) is 1. The van der Waals surface area contributed by atoms with Crippen LogP contribution in [0.2, 0.25) is 0 Å². The molecule has 7 heteroatoms. The van der Waals surface area contributed by atoms with E-state index in [1.165, 1.54) is 6.07 Å². The molecule has 1 aromatic carbocycles. The first-order valence-corrected chi connectivity index (χ1v) is 6.72. The molecule has 0 aliphatic carbocycles. The van der Waals surface area contributed by atoms with Crippen molar-refractivity contribution >= 4 is 21.3 Å². The van der Waals surface area contributed by atoms with Crippen LogP contribution in [-0.4, -0.2) is 23.7 Å². The number of hydrogen-bond donors (Lipinski definition) is 2. The average Bonchev–Trinajstić information content (AvgIpc) is 2.94. The second-order valence-electron chi connectivity index (χ2n) is 4.06. The highest BCUT2D eigenvalue weighted by atomic mass is 32.1. The highest BCUT2D eigenvalue weighted by molar-refractivity contribution is 7.19. The topological polar surface area (TPSA) is 84.6 Å². The number of anilines is 1. The Morgan fingerprint density at radius 3 is 2.60 bits per heavy atom. The van der Waals surface area contributed by atoms with Gasteiger partial charge in [0.05, 0.1) is 23.1 Å². The number of nitrogens with zero attached hydrogens (tertiary/aromatic N) is 1. The highest BCUT2D eigenvalue weighted by Gasteiger charge is 2.11. The predicted octanol–water partition coefficient (Wildman–Crippen LogP) is 2.81. The fourth-order valence-electron chi connectivity index (χ4n) is 1.66. The molecule has 2 N–H and O–H groups in total. The third-order valence-corrected chi connectivity index (χ3v) is 3.74. The summed E-state index contributed by atoms with van der Waals surface area (Å²) in [5.74, 6) is 0.725. The zero-order chi connectivity index (χ0) is 14.5. The Morgan fingerprint density at radius 2 is 2.05 bits per heavy atom. The zero-order valence-corrected chi connectivity index (χ0v) is 11.6. The van der Waals surface area contributed by atoms with E-state index in [1.807, 2.05) is 0 Å². The molecule has 0 aliphatic heterocycles. The van der Waals surface area contributed by atoms with Crippen molar-refractivity contribution in [3.63, 3.8) is 0 Å². The van der Waals surface area contributed by atoms with Crippen molar-refractivity contribution in [2.45, 2.75) is 6.10 Å². The van der Waals surface area contributed by atoms with Gasteiger partial charge in [0, 0.05) is 12.6 Å². The number of ether oxygens (including phenoxy) is 1. The molecule has 106 valence electrons. The van der Waals surface area contributed by atoms with E-state index in [0.717, 1.165) is 22.6 Å². The van der Waals surface area contributed by atoms with Crippen LogP contribution in [0.4, 0.5) is 10.0 Å². The number of methoxy groups -OCH3 is 1. The summed E-state index contributed by atoms with van der Waals surface area (Å²) in [4.78, 5) is 10.1. The molecular weight excluding hydrogens is 280 g/mol. The molecule has 0 unspecified atom stereocenters. The van der Waals surface area contributed by atoms with Gasteiger partial charge in [0.2, 0.25) is 0 Å². The first kappa shape index (κ1) is 14.3. The molecule has 1 aromatic heterocycles. The number of benzene rings is 1. The van der Waals surface area contributed by atoms with Crippen LogP contribution in [0.15, 0.2) is 36.4 Å². The van der Waals surface area contributed by atoms with Gasteiger partial charge in [-0.1, -0.05) is 12.1 Å². The minimum absolute atomic E-state index is 0.0754. The molecule has 0 saturated heterocycles. The molecular formula is C13H14N2O4S. The van der Waals surface area contributed by atoms with Crippen LogP contribution < -0.4 is 10.1 Å². The maximum absolute atomic E-state index is 10.6. The van der Waals surface area contributed by atoms with Gasteiger partial charge in [-0.15, -0.1) is 0 Å². The fourth-order valence-corrected chi connectivity index (χ4v) is 2.39. The van der Waals surface area contributed by atoms with Crippen molar-refractivity contribution in [3.05, 3.63) is 52.1 Å². The predicted molar refractivity (Wildman–Crippen MR) is 77.4 cm³/mol. The van der Waals surface area contributed by atoms with E-state index in [0.29, 0.717) is 5.00 Å². The summed E-state index contributed by atoms with van der Waals surface area (Å²) in [6.07, 6.45) is -0.693. The van der Waals surface area contributed by atoms with Crippen LogP contribution in [-0.2, 0) is 0 Å². The Morgan fingerprint density at radius 1 is 1.35 bits per heavy atom. The molecule has 0 radical (unpaired) electrons. The molecule has 0 spiro atoms. The molecule has 1 atom stereocenters. The molecule has 6 nitrogen and oxygen atoms in total. The maximum Gasteiger partial charge on any atom is 0.326 e. The Kier molecular flexibility index (Phi) is 4.54. The summed E-state index contributed by atoms with van der Waals surface area (Å²) >= 11 is 1.04. The Labute approximate surface area is 119 Å². The molecule has 0 aliphatic rings. The summed E-state index contributed by atoms with van der Waals surface area (Å²) in [6.45, 7) is 0.282. The summed E-state index contributed by atoms with van der Waals surface area (Å²) in [6, 6.07) is 10.2. The average molecular weight is 294 g/mol. The van der Waals surface area contributed by atoms with E-state index in [2.05, 4.69) is 5.32 Å². The van der Waals surface area contributed by atoms with Crippen LogP contribution in [0.5, 0.6) is 5.75 Å². The van der Waals surface area contributed by atoms with Gasteiger partial charge in [0.1, 0.15) is 5.75 Å². The summed E-state index contributed by atoms with van der Waals surface area (Å²) in [5, 5.41) is 24.3. The van der Waals surface area contributed by atoms with Gasteiger partial charge in [-0.05, 0) is 35.1 Å². The lowest BCUT2D eigenvalue weighted by molar-refractivity contribution is -0.380. The number of aliphatic hydroxyl groups is 1. The van der Waals surface area contributed by atoms with E-state index < -0.39 is 11.0 Å². The minimum atomic E-state index is -0.693. The molecule has 0 amide bonds. The van der Waals surface area contributed by atoms with Gasteiger partial charge in [-0.2, -0.15) is 0 Å². The number of nitro groups is 1. The third kappa shape index (κ3) is 3.46. The second kappa shape index (κ2) is 6.36. The van der Waals surface area contributed by atoms with Crippen molar-refractivity contribution in [2.24, 2.45) is 0 Å². The number of thiophene rings is 1. The van der Waals surface area contributed by atoms with Crippen molar-refractivity contribution in [1.82, 2.24) is 0 Å². The Balaban J connectivity index is 1.93. The normalized spacial score (nSPS) is 11.9. The molecule has 1 heterocycles. The van der Waals surface area contributed by atoms with Crippen molar-refractivity contribution in [3.8, 4) is 5.75 Å². The highest BCUT2D eigenvalue weighted by Crippen LogP contribution is 2.28. The van der Waals surface area contributed by atoms with Gasteiger partial charge < -0.3 is 15.2 Å². The minimum Gasteiger partial charge on any atom is -0.497 e. The lowest BCUT2D eigenvalue weighted by Gasteiger charge is -2.12. The van der Waals surface area contributed by atoms with E-state index in [1.54, 1.807) is 37.4 Å². The third-order valence-electron chi connectivity index (χ3n) is 2.74. The van der Waals surface area contributed by atoms with Crippen LogP contribution in [0.1, 0.15) is 11.7 Å². The van der Waals surface area contributed by atoms with Crippen molar-refractivity contribution < 1.29 is 14.8 Å². The summed E-state index contributed by atoms with van der Waals surface area (Å²) in [7, 11) is 1.58. The first-order valence-electron chi connectivity index (χ1n) is 5.90. The molecule has 0 fully saturated rings. The van der Waals surface area contributed by atoms with Crippen LogP contribution in [0.3, 0.4) is 0 Å². The Bertz CT molecular complexity index is 582. The van der Waals surface area contributed by atoms with Crippen LogP contribution >= 0.6 is 11.3 Å². The van der Waals surface area contributed by atoms with Crippen LogP contribution in [0, 0.1) is 10.1 Å². The van der Waals surface area contributed by atoms with Gasteiger partial charge in [0.25, 0.3) is 0 Å². The van der Waals surface area contributed by atoms with E-state index >= 15 is 0 Å². The molecule has 0 bridgehead atoms. The SMILES string of the molecule is COc1ccc([C@H](O)CNc2ccc([N+](=O)[O-])s2)cc1. The number of rotatable bonds is 6. The lowest BCUT2D eigenvalue weighted by atomic mass is 10.1. The summed E-state index contributed by atoms with van der Waals surface area (Å²) < 4.78 is 5.04. The molecule has 2 rings (SSSR count). The molecule has 0 saturated carbocycles.